The summed E-state index contributed by atoms with van der Waals surface area (Å²) in [6, 6.07) is 1.89. The second-order valence-electron chi connectivity index (χ2n) is 4.86. The van der Waals surface area contributed by atoms with Gasteiger partial charge in [-0.1, -0.05) is 12.8 Å². The van der Waals surface area contributed by atoms with E-state index >= 15 is 0 Å². The fourth-order valence-corrected chi connectivity index (χ4v) is 2.42. The Balaban J connectivity index is 2.29. The van der Waals surface area contributed by atoms with E-state index in [0.717, 1.165) is 6.54 Å². The molecule has 1 aliphatic rings. The van der Waals surface area contributed by atoms with Gasteiger partial charge in [-0.25, -0.2) is 0 Å². The monoisotopic (exact) mass is 238 g/mol. The van der Waals surface area contributed by atoms with Crippen LogP contribution in [0.3, 0.4) is 0 Å². The lowest BCUT2D eigenvalue weighted by Crippen LogP contribution is -2.51. The molecule has 1 fully saturated rings. The van der Waals surface area contributed by atoms with Gasteiger partial charge in [-0.05, 0) is 26.9 Å². The molecule has 0 atom stereocenters. The topological polar surface area (TPSA) is 68.2 Å². The van der Waals surface area contributed by atoms with Crippen molar-refractivity contribution in [1.29, 1.82) is 5.26 Å². The van der Waals surface area contributed by atoms with Crippen LogP contribution in [0.4, 0.5) is 0 Å². The van der Waals surface area contributed by atoms with Crippen LogP contribution in [0.1, 0.15) is 25.7 Å². The minimum Gasteiger partial charge on any atom is -0.342 e. The maximum atomic E-state index is 11.3. The summed E-state index contributed by atoms with van der Waals surface area (Å²) in [6.07, 6.45) is 4.90. The van der Waals surface area contributed by atoms with E-state index in [2.05, 4.69) is 29.6 Å². The zero-order valence-electron chi connectivity index (χ0n) is 10.8. The number of hydrogen-bond acceptors (Lipinski definition) is 4. The number of amides is 1. The zero-order valence-corrected chi connectivity index (χ0v) is 10.8. The van der Waals surface area contributed by atoms with Crippen molar-refractivity contribution < 1.29 is 4.79 Å². The van der Waals surface area contributed by atoms with Crippen molar-refractivity contribution >= 4 is 5.91 Å². The molecule has 1 saturated carbocycles. The second kappa shape index (κ2) is 6.58. The van der Waals surface area contributed by atoms with Crippen molar-refractivity contribution in [3.63, 3.8) is 0 Å². The van der Waals surface area contributed by atoms with Crippen LogP contribution in [0.15, 0.2) is 0 Å². The third-order valence-electron chi connectivity index (χ3n) is 3.59. The molecule has 0 aliphatic heterocycles. The van der Waals surface area contributed by atoms with Crippen LogP contribution in [0.5, 0.6) is 0 Å². The molecular formula is C12H22N4O. The lowest BCUT2D eigenvalue weighted by Gasteiger charge is -2.36. The minimum atomic E-state index is -0.113. The lowest BCUT2D eigenvalue weighted by molar-refractivity contribution is -0.120. The Bertz CT molecular complexity index is 289. The standard InChI is InChI=1S/C12H22N4O/c1-16(2)12(5-3-4-6-12)10-14-9-11(17)15-8-7-13/h14H,3-6,8-10H2,1-2H3,(H,15,17). The number of nitrogens with one attached hydrogen (secondary N) is 2. The van der Waals surface area contributed by atoms with Gasteiger partial charge in [0.25, 0.3) is 0 Å². The van der Waals surface area contributed by atoms with Gasteiger partial charge in [-0.2, -0.15) is 5.26 Å². The fraction of sp³-hybridized carbons (Fsp3) is 0.833. The van der Waals surface area contributed by atoms with Crippen LogP contribution in [-0.2, 0) is 4.79 Å². The third-order valence-corrected chi connectivity index (χ3v) is 3.59. The Morgan fingerprint density at radius 2 is 2.06 bits per heavy atom. The van der Waals surface area contributed by atoms with Crippen molar-refractivity contribution in [2.24, 2.45) is 0 Å². The highest BCUT2D eigenvalue weighted by molar-refractivity contribution is 5.78. The number of rotatable bonds is 6. The molecule has 0 heterocycles. The fourth-order valence-electron chi connectivity index (χ4n) is 2.42. The second-order valence-corrected chi connectivity index (χ2v) is 4.86. The van der Waals surface area contributed by atoms with E-state index in [1.54, 1.807) is 0 Å². The van der Waals surface area contributed by atoms with Gasteiger partial charge in [0.15, 0.2) is 0 Å². The Hall–Kier alpha value is -1.12. The number of carbonyl (C=O) groups excluding carboxylic acids is 1. The molecule has 0 radical (unpaired) electrons. The van der Waals surface area contributed by atoms with Crippen LogP contribution in [0.2, 0.25) is 0 Å². The Kier molecular flexibility index (Phi) is 5.39. The summed E-state index contributed by atoms with van der Waals surface area (Å²) in [5.74, 6) is -0.113. The molecule has 1 amide bonds. The smallest absolute Gasteiger partial charge is 0.234 e. The maximum Gasteiger partial charge on any atom is 0.234 e. The molecule has 0 spiro atoms. The number of nitrogens with zero attached hydrogens (tertiary/aromatic N) is 2. The zero-order chi connectivity index (χ0) is 12.7. The van der Waals surface area contributed by atoms with Crippen molar-refractivity contribution in [2.75, 3.05) is 33.7 Å². The van der Waals surface area contributed by atoms with Gasteiger partial charge < -0.3 is 15.5 Å². The highest BCUT2D eigenvalue weighted by Crippen LogP contribution is 2.32. The molecule has 0 aromatic rings. The first-order valence-corrected chi connectivity index (χ1v) is 6.12. The molecule has 0 aromatic carbocycles. The molecule has 5 heteroatoms. The van der Waals surface area contributed by atoms with Crippen molar-refractivity contribution in [2.45, 2.75) is 31.2 Å². The first kappa shape index (κ1) is 13.9. The molecule has 5 nitrogen and oxygen atoms in total. The van der Waals surface area contributed by atoms with Gasteiger partial charge >= 0.3 is 0 Å². The predicted molar refractivity (Wildman–Crippen MR) is 66.4 cm³/mol. The quantitative estimate of drug-likeness (QED) is 0.644. The average molecular weight is 238 g/mol. The van der Waals surface area contributed by atoms with Gasteiger partial charge in [-0.15, -0.1) is 0 Å². The maximum absolute atomic E-state index is 11.3. The number of likely N-dealkylation sites (N-methyl/N-ethyl adjacent to an activating group) is 1. The molecular weight excluding hydrogens is 216 g/mol. The molecule has 0 bridgehead atoms. The van der Waals surface area contributed by atoms with Gasteiger partial charge in [-0.3, -0.25) is 4.79 Å². The number of carbonyl (C=O) groups is 1. The number of hydrogen-bond donors (Lipinski definition) is 2. The summed E-state index contributed by atoms with van der Waals surface area (Å²) >= 11 is 0. The molecule has 17 heavy (non-hydrogen) atoms. The van der Waals surface area contributed by atoms with E-state index < -0.39 is 0 Å². The summed E-state index contributed by atoms with van der Waals surface area (Å²) in [6.45, 7) is 1.20. The molecule has 1 rings (SSSR count). The summed E-state index contributed by atoms with van der Waals surface area (Å²) in [7, 11) is 4.20. The Morgan fingerprint density at radius 1 is 1.41 bits per heavy atom. The van der Waals surface area contributed by atoms with Crippen LogP contribution in [0.25, 0.3) is 0 Å². The first-order chi connectivity index (χ1) is 8.10. The van der Waals surface area contributed by atoms with Gasteiger partial charge in [0.2, 0.25) is 5.91 Å². The predicted octanol–water partition coefficient (Wildman–Crippen LogP) is 0.0902. The molecule has 1 aliphatic carbocycles. The van der Waals surface area contributed by atoms with Crippen LogP contribution in [-0.4, -0.2) is 50.1 Å². The van der Waals surface area contributed by atoms with Crippen molar-refractivity contribution in [1.82, 2.24) is 15.5 Å². The third kappa shape index (κ3) is 3.99. The highest BCUT2D eigenvalue weighted by Gasteiger charge is 2.35. The van der Waals surface area contributed by atoms with E-state index in [1.807, 2.05) is 6.07 Å². The van der Waals surface area contributed by atoms with E-state index in [-0.39, 0.29) is 24.5 Å². The van der Waals surface area contributed by atoms with E-state index in [9.17, 15) is 4.79 Å². The van der Waals surface area contributed by atoms with Gasteiger partial charge in [0.05, 0.1) is 12.6 Å². The Labute approximate surface area is 103 Å². The minimum absolute atomic E-state index is 0.0827. The summed E-state index contributed by atoms with van der Waals surface area (Å²) < 4.78 is 0. The Morgan fingerprint density at radius 3 is 2.59 bits per heavy atom. The molecule has 0 saturated heterocycles. The van der Waals surface area contributed by atoms with E-state index in [0.29, 0.717) is 0 Å². The SMILES string of the molecule is CN(C)C1(CNCC(=O)NCC#N)CCCC1. The van der Waals surface area contributed by atoms with Gasteiger partial charge in [0, 0.05) is 12.1 Å². The normalized spacial score (nSPS) is 18.0. The first-order valence-electron chi connectivity index (χ1n) is 6.12. The van der Waals surface area contributed by atoms with Crippen LogP contribution < -0.4 is 10.6 Å². The molecule has 96 valence electrons. The largest absolute Gasteiger partial charge is 0.342 e. The van der Waals surface area contributed by atoms with Crippen molar-refractivity contribution in [3.8, 4) is 6.07 Å². The molecule has 0 unspecified atom stereocenters. The number of nitriles is 1. The summed E-state index contributed by atoms with van der Waals surface area (Å²) in [4.78, 5) is 13.6. The highest BCUT2D eigenvalue weighted by atomic mass is 16.1. The lowest BCUT2D eigenvalue weighted by atomic mass is 9.96. The average Bonchev–Trinajstić information content (AvgIpc) is 2.76. The van der Waals surface area contributed by atoms with Crippen molar-refractivity contribution in [3.05, 3.63) is 0 Å². The molecule has 2 N–H and O–H groups in total. The van der Waals surface area contributed by atoms with Gasteiger partial charge in [0.1, 0.15) is 6.54 Å². The van der Waals surface area contributed by atoms with Crippen LogP contribution in [0, 0.1) is 11.3 Å². The van der Waals surface area contributed by atoms with Crippen LogP contribution >= 0.6 is 0 Å². The summed E-state index contributed by atoms with van der Waals surface area (Å²) in [5.41, 5.74) is 0.204. The van der Waals surface area contributed by atoms with E-state index in [4.69, 9.17) is 5.26 Å². The molecule has 0 aromatic heterocycles. The van der Waals surface area contributed by atoms with E-state index in [1.165, 1.54) is 25.7 Å². The summed E-state index contributed by atoms with van der Waals surface area (Å²) in [5, 5.41) is 14.1.